The van der Waals surface area contributed by atoms with Gasteiger partial charge in [-0.1, -0.05) is 0 Å². The molecule has 6 heteroatoms. The summed E-state index contributed by atoms with van der Waals surface area (Å²) >= 11 is 0. The molecule has 0 aromatic carbocycles. The molecule has 0 spiro atoms. The molecule has 21 heavy (non-hydrogen) atoms. The van der Waals surface area contributed by atoms with E-state index in [-0.39, 0.29) is 11.6 Å². The van der Waals surface area contributed by atoms with E-state index in [1.807, 2.05) is 20.8 Å². The van der Waals surface area contributed by atoms with Gasteiger partial charge in [-0.25, -0.2) is 4.79 Å². The molecule has 0 radical (unpaired) electrons. The Morgan fingerprint density at radius 2 is 1.29 bits per heavy atom. The summed E-state index contributed by atoms with van der Waals surface area (Å²) in [5.41, 5.74) is 16.1. The highest BCUT2D eigenvalue weighted by atomic mass is 16.6. The van der Waals surface area contributed by atoms with Crippen molar-refractivity contribution >= 4 is 6.09 Å². The van der Waals surface area contributed by atoms with Gasteiger partial charge in [-0.3, -0.25) is 0 Å². The largest absolute Gasteiger partial charge is 0.444 e. The first-order valence-corrected chi connectivity index (χ1v) is 7.90. The van der Waals surface area contributed by atoms with Crippen LogP contribution < -0.4 is 22.5 Å². The molecule has 1 amide bonds. The zero-order valence-corrected chi connectivity index (χ0v) is 13.9. The maximum Gasteiger partial charge on any atom is 0.408 e. The van der Waals surface area contributed by atoms with Gasteiger partial charge < -0.3 is 27.3 Å². The van der Waals surface area contributed by atoms with Gasteiger partial charge in [0, 0.05) is 5.54 Å². The average Bonchev–Trinajstić information content (AvgIpc) is 2.38. The third-order valence-electron chi connectivity index (χ3n) is 3.34. The molecule has 0 unspecified atom stereocenters. The number of amides is 1. The Hall–Kier alpha value is -0.850. The minimum absolute atomic E-state index is 0.319. The van der Waals surface area contributed by atoms with Crippen molar-refractivity contribution in [2.75, 3.05) is 19.6 Å². The Labute approximate surface area is 129 Å². The number of hydrogen-bond donors (Lipinski definition) is 4. The molecule has 0 saturated carbocycles. The SMILES string of the molecule is CC(C)(C)OC(=O)NC(CCCN)(CCCN)CCCN. The van der Waals surface area contributed by atoms with Gasteiger partial charge in [-0.15, -0.1) is 0 Å². The van der Waals surface area contributed by atoms with Gasteiger partial charge in [-0.05, 0) is 78.9 Å². The monoisotopic (exact) mass is 302 g/mol. The van der Waals surface area contributed by atoms with E-state index in [4.69, 9.17) is 21.9 Å². The lowest BCUT2D eigenvalue weighted by Crippen LogP contribution is -2.50. The number of ether oxygens (including phenoxy) is 1. The second-order valence-corrected chi connectivity index (χ2v) is 6.58. The molecule has 0 bridgehead atoms. The van der Waals surface area contributed by atoms with Crippen LogP contribution in [0.3, 0.4) is 0 Å². The van der Waals surface area contributed by atoms with Gasteiger partial charge in [0.15, 0.2) is 0 Å². The van der Waals surface area contributed by atoms with Crippen LogP contribution in [0.5, 0.6) is 0 Å². The van der Waals surface area contributed by atoms with Crippen molar-refractivity contribution in [1.29, 1.82) is 0 Å². The van der Waals surface area contributed by atoms with Crippen LogP contribution in [0.4, 0.5) is 4.79 Å². The number of carbonyl (C=O) groups is 1. The highest BCUT2D eigenvalue weighted by molar-refractivity contribution is 5.68. The van der Waals surface area contributed by atoms with Crippen LogP contribution in [0.15, 0.2) is 0 Å². The van der Waals surface area contributed by atoms with Crippen LogP contribution in [0.2, 0.25) is 0 Å². The van der Waals surface area contributed by atoms with Crippen molar-refractivity contribution in [3.05, 3.63) is 0 Å². The lowest BCUT2D eigenvalue weighted by Gasteiger charge is -2.36. The standard InChI is InChI=1S/C15H34N4O2/c1-14(2,3)21-13(20)19-15(7-4-10-16,8-5-11-17)9-6-12-18/h4-12,16-18H2,1-3H3,(H,19,20). The highest BCUT2D eigenvalue weighted by Gasteiger charge is 2.32. The Morgan fingerprint density at radius 3 is 1.57 bits per heavy atom. The summed E-state index contributed by atoms with van der Waals surface area (Å²) in [6.07, 6.45) is 4.64. The fourth-order valence-electron chi connectivity index (χ4n) is 2.40. The molecule has 0 aliphatic heterocycles. The van der Waals surface area contributed by atoms with Crippen LogP contribution in [0.25, 0.3) is 0 Å². The topological polar surface area (TPSA) is 116 Å². The molecule has 0 aromatic heterocycles. The van der Waals surface area contributed by atoms with Gasteiger partial charge in [0.05, 0.1) is 0 Å². The smallest absolute Gasteiger partial charge is 0.408 e. The first-order valence-electron chi connectivity index (χ1n) is 7.90. The van der Waals surface area contributed by atoms with Crippen LogP contribution in [-0.2, 0) is 4.74 Å². The third-order valence-corrected chi connectivity index (χ3v) is 3.34. The molecule has 0 heterocycles. The second kappa shape index (κ2) is 9.97. The number of alkyl carbamates (subject to hydrolysis) is 1. The Balaban J connectivity index is 4.88. The van der Waals surface area contributed by atoms with Crippen LogP contribution in [-0.4, -0.2) is 36.9 Å². The average molecular weight is 302 g/mol. The third kappa shape index (κ3) is 9.66. The van der Waals surface area contributed by atoms with E-state index in [0.29, 0.717) is 19.6 Å². The zero-order valence-electron chi connectivity index (χ0n) is 13.9. The predicted molar refractivity (Wildman–Crippen MR) is 87.0 cm³/mol. The molecule has 0 aliphatic carbocycles. The van der Waals surface area contributed by atoms with Crippen LogP contribution >= 0.6 is 0 Å². The number of carbonyl (C=O) groups excluding carboxylic acids is 1. The van der Waals surface area contributed by atoms with Gasteiger partial charge in [0.25, 0.3) is 0 Å². The number of nitrogens with two attached hydrogens (primary N) is 3. The molecule has 0 atom stereocenters. The summed E-state index contributed by atoms with van der Waals surface area (Å²) in [4.78, 5) is 12.1. The summed E-state index contributed by atoms with van der Waals surface area (Å²) in [5.74, 6) is 0. The van der Waals surface area contributed by atoms with Gasteiger partial charge in [0.1, 0.15) is 5.60 Å². The summed E-state index contributed by atoms with van der Waals surface area (Å²) < 4.78 is 5.39. The van der Waals surface area contributed by atoms with E-state index in [1.54, 1.807) is 0 Å². The van der Waals surface area contributed by atoms with Crippen LogP contribution in [0, 0.1) is 0 Å². The number of hydrogen-bond acceptors (Lipinski definition) is 5. The van der Waals surface area contributed by atoms with Crippen molar-refractivity contribution < 1.29 is 9.53 Å². The van der Waals surface area contributed by atoms with Gasteiger partial charge in [-0.2, -0.15) is 0 Å². The normalized spacial score (nSPS) is 12.3. The molecule has 0 fully saturated rings. The van der Waals surface area contributed by atoms with Crippen LogP contribution in [0.1, 0.15) is 59.3 Å². The second-order valence-electron chi connectivity index (χ2n) is 6.58. The van der Waals surface area contributed by atoms with Gasteiger partial charge in [0.2, 0.25) is 0 Å². The molecule has 0 aliphatic rings. The minimum Gasteiger partial charge on any atom is -0.444 e. The van der Waals surface area contributed by atoms with E-state index in [9.17, 15) is 4.79 Å². The van der Waals surface area contributed by atoms with Crippen molar-refractivity contribution in [1.82, 2.24) is 5.32 Å². The summed E-state index contributed by atoms with van der Waals surface area (Å²) in [7, 11) is 0. The molecular weight excluding hydrogens is 268 g/mol. The maximum absolute atomic E-state index is 12.1. The Bertz CT molecular complexity index is 268. The van der Waals surface area contributed by atoms with E-state index in [0.717, 1.165) is 38.5 Å². The Morgan fingerprint density at radius 1 is 0.905 bits per heavy atom. The lowest BCUT2D eigenvalue weighted by molar-refractivity contribution is 0.0429. The quantitative estimate of drug-likeness (QED) is 0.487. The minimum atomic E-state index is -0.509. The molecule has 0 aromatic rings. The van der Waals surface area contributed by atoms with E-state index in [2.05, 4.69) is 5.32 Å². The van der Waals surface area contributed by atoms with Crippen molar-refractivity contribution in [2.24, 2.45) is 17.2 Å². The predicted octanol–water partition coefficient (Wildman–Crippen LogP) is 1.47. The van der Waals surface area contributed by atoms with Crippen molar-refractivity contribution in [2.45, 2.75) is 70.4 Å². The summed E-state index contributed by atoms with van der Waals surface area (Å²) in [5, 5.41) is 3.06. The molecule has 6 nitrogen and oxygen atoms in total. The fraction of sp³-hybridized carbons (Fsp3) is 0.933. The first-order chi connectivity index (χ1) is 9.78. The molecule has 0 rings (SSSR count). The summed E-state index contributed by atoms with van der Waals surface area (Å²) in [6, 6.07) is 0. The highest BCUT2D eigenvalue weighted by Crippen LogP contribution is 2.26. The van der Waals surface area contributed by atoms with Crippen molar-refractivity contribution in [3.8, 4) is 0 Å². The van der Waals surface area contributed by atoms with E-state index >= 15 is 0 Å². The summed E-state index contributed by atoms with van der Waals surface area (Å²) in [6.45, 7) is 7.37. The molecule has 126 valence electrons. The van der Waals surface area contributed by atoms with E-state index < -0.39 is 5.60 Å². The fourth-order valence-corrected chi connectivity index (χ4v) is 2.40. The molecule has 7 N–H and O–H groups in total. The van der Waals surface area contributed by atoms with E-state index in [1.165, 1.54) is 0 Å². The number of rotatable bonds is 10. The zero-order chi connectivity index (χ0) is 16.4. The molecule has 0 saturated heterocycles. The maximum atomic E-state index is 12.1. The Kier molecular flexibility index (Phi) is 9.57. The molecular formula is C15H34N4O2. The van der Waals surface area contributed by atoms with Crippen molar-refractivity contribution in [3.63, 3.8) is 0 Å². The first kappa shape index (κ1) is 20.1. The lowest BCUT2D eigenvalue weighted by atomic mass is 9.83. The van der Waals surface area contributed by atoms with Gasteiger partial charge >= 0.3 is 6.09 Å². The number of nitrogens with one attached hydrogen (secondary N) is 1.